The standard InChI is InChI=1S/C19H33N5O3.HI/c1-4-20-18(22-13-16-7-6-8-21-17(16)27-5-2)23-14-19(3,25)15-24-9-11-26-12-10-24;/h6-8,25H,4-5,9-15H2,1-3H3,(H2,20,22,23);1H. The Hall–Kier alpha value is -1.17. The van der Waals surface area contributed by atoms with E-state index in [0.717, 1.165) is 38.4 Å². The second-order valence-corrected chi connectivity index (χ2v) is 6.83. The predicted molar refractivity (Wildman–Crippen MR) is 122 cm³/mol. The highest BCUT2D eigenvalue weighted by Gasteiger charge is 2.25. The number of hydrogen-bond donors (Lipinski definition) is 3. The minimum absolute atomic E-state index is 0. The average Bonchev–Trinajstić information content (AvgIpc) is 2.66. The van der Waals surface area contributed by atoms with Gasteiger partial charge in [-0.2, -0.15) is 0 Å². The number of halogens is 1. The largest absolute Gasteiger partial charge is 0.478 e. The molecule has 1 saturated heterocycles. The van der Waals surface area contributed by atoms with E-state index in [9.17, 15) is 5.11 Å². The number of β-amino-alcohol motifs (C(OH)–C–C–N with tert-alkyl or cyclic N) is 1. The maximum absolute atomic E-state index is 10.7. The Labute approximate surface area is 185 Å². The molecule has 2 rings (SSSR count). The summed E-state index contributed by atoms with van der Waals surface area (Å²) in [6, 6.07) is 3.83. The van der Waals surface area contributed by atoms with Crippen LogP contribution in [0.2, 0.25) is 0 Å². The molecule has 2 heterocycles. The summed E-state index contributed by atoms with van der Waals surface area (Å²) in [6.07, 6.45) is 1.71. The van der Waals surface area contributed by atoms with Crippen LogP contribution in [0.15, 0.2) is 23.3 Å². The molecule has 8 nitrogen and oxygen atoms in total. The Morgan fingerprint density at radius 3 is 2.79 bits per heavy atom. The predicted octanol–water partition coefficient (Wildman–Crippen LogP) is 1.24. The summed E-state index contributed by atoms with van der Waals surface area (Å²) in [7, 11) is 0. The third kappa shape index (κ3) is 8.89. The van der Waals surface area contributed by atoms with Crippen LogP contribution >= 0.6 is 24.0 Å². The van der Waals surface area contributed by atoms with Gasteiger partial charge in [0, 0.05) is 44.5 Å². The molecule has 3 N–H and O–H groups in total. The van der Waals surface area contributed by atoms with Crippen molar-refractivity contribution in [1.29, 1.82) is 0 Å². The number of nitrogens with zero attached hydrogens (tertiary/aromatic N) is 3. The van der Waals surface area contributed by atoms with Gasteiger partial charge in [0.2, 0.25) is 5.88 Å². The lowest BCUT2D eigenvalue weighted by Crippen LogP contribution is -2.52. The van der Waals surface area contributed by atoms with Gasteiger partial charge in [0.1, 0.15) is 0 Å². The van der Waals surface area contributed by atoms with Crippen LogP contribution in [0.25, 0.3) is 0 Å². The Morgan fingerprint density at radius 2 is 2.11 bits per heavy atom. The van der Waals surface area contributed by atoms with E-state index in [1.54, 1.807) is 6.20 Å². The lowest BCUT2D eigenvalue weighted by atomic mass is 10.1. The Kier molecular flexibility index (Phi) is 11.7. The van der Waals surface area contributed by atoms with Gasteiger partial charge in [-0.1, -0.05) is 6.07 Å². The first-order chi connectivity index (χ1) is 13.0. The third-order valence-electron chi connectivity index (χ3n) is 4.19. The average molecular weight is 507 g/mol. The van der Waals surface area contributed by atoms with Crippen LogP contribution < -0.4 is 15.4 Å². The number of ether oxygens (including phenoxy) is 2. The number of aromatic nitrogens is 1. The van der Waals surface area contributed by atoms with E-state index in [2.05, 4.69) is 25.5 Å². The molecule has 0 aromatic carbocycles. The van der Waals surface area contributed by atoms with Crippen molar-refractivity contribution in [3.05, 3.63) is 23.9 Å². The topological polar surface area (TPSA) is 91.2 Å². The van der Waals surface area contributed by atoms with Crippen LogP contribution in [0.4, 0.5) is 0 Å². The van der Waals surface area contributed by atoms with E-state index in [0.29, 0.717) is 38.1 Å². The summed E-state index contributed by atoms with van der Waals surface area (Å²) < 4.78 is 10.9. The normalized spacial score (nSPS) is 17.4. The van der Waals surface area contributed by atoms with Gasteiger partial charge in [-0.3, -0.25) is 4.90 Å². The summed E-state index contributed by atoms with van der Waals surface area (Å²) in [5, 5.41) is 17.2. The first kappa shape index (κ1) is 24.9. The maximum Gasteiger partial charge on any atom is 0.218 e. The van der Waals surface area contributed by atoms with E-state index < -0.39 is 5.60 Å². The molecule has 1 fully saturated rings. The molecule has 1 aromatic heterocycles. The molecule has 0 saturated carbocycles. The Bertz CT molecular complexity index is 595. The van der Waals surface area contributed by atoms with Crippen molar-refractivity contribution < 1.29 is 14.6 Å². The number of morpholine rings is 1. The SMILES string of the molecule is CCNC(=NCc1cccnc1OCC)NCC(C)(O)CN1CCOCC1.I. The molecule has 0 radical (unpaired) electrons. The van der Waals surface area contributed by atoms with Crippen LogP contribution in [-0.2, 0) is 11.3 Å². The molecule has 0 bridgehead atoms. The first-order valence-electron chi connectivity index (χ1n) is 9.65. The second kappa shape index (κ2) is 13.1. The molecule has 0 aliphatic carbocycles. The Balaban J connectivity index is 0.00000392. The molecule has 1 aliphatic rings. The van der Waals surface area contributed by atoms with Crippen LogP contribution in [0.5, 0.6) is 5.88 Å². The molecular formula is C19H34IN5O3. The number of guanidine groups is 1. The molecule has 1 aromatic rings. The van der Waals surface area contributed by atoms with E-state index in [4.69, 9.17) is 9.47 Å². The Morgan fingerprint density at radius 1 is 1.36 bits per heavy atom. The summed E-state index contributed by atoms with van der Waals surface area (Å²) in [4.78, 5) is 11.1. The van der Waals surface area contributed by atoms with E-state index >= 15 is 0 Å². The van der Waals surface area contributed by atoms with Crippen molar-refractivity contribution >= 4 is 29.9 Å². The zero-order chi connectivity index (χ0) is 19.5. The van der Waals surface area contributed by atoms with E-state index in [-0.39, 0.29) is 24.0 Å². The summed E-state index contributed by atoms with van der Waals surface area (Å²) in [6.45, 7) is 11.7. The van der Waals surface area contributed by atoms with Gasteiger partial charge >= 0.3 is 0 Å². The molecular weight excluding hydrogens is 473 g/mol. The monoisotopic (exact) mass is 507 g/mol. The second-order valence-electron chi connectivity index (χ2n) is 6.83. The fourth-order valence-corrected chi connectivity index (χ4v) is 2.89. The van der Waals surface area contributed by atoms with Gasteiger partial charge in [0.15, 0.2) is 5.96 Å². The maximum atomic E-state index is 10.7. The third-order valence-corrected chi connectivity index (χ3v) is 4.19. The van der Waals surface area contributed by atoms with Crippen molar-refractivity contribution in [3.8, 4) is 5.88 Å². The van der Waals surface area contributed by atoms with Crippen LogP contribution in [0.1, 0.15) is 26.3 Å². The lowest BCUT2D eigenvalue weighted by molar-refractivity contribution is -0.0201. The number of aliphatic hydroxyl groups is 1. The van der Waals surface area contributed by atoms with Crippen LogP contribution in [0, 0.1) is 0 Å². The van der Waals surface area contributed by atoms with Crippen molar-refractivity contribution in [2.75, 3.05) is 52.5 Å². The summed E-state index contributed by atoms with van der Waals surface area (Å²) in [5.41, 5.74) is 0.0647. The zero-order valence-corrected chi connectivity index (χ0v) is 19.4. The van der Waals surface area contributed by atoms with Gasteiger partial charge in [-0.05, 0) is 26.8 Å². The molecule has 0 spiro atoms. The minimum Gasteiger partial charge on any atom is -0.478 e. The molecule has 1 aliphatic heterocycles. The highest BCUT2D eigenvalue weighted by atomic mass is 127. The van der Waals surface area contributed by atoms with Crippen molar-refractivity contribution in [2.24, 2.45) is 4.99 Å². The lowest BCUT2D eigenvalue weighted by Gasteiger charge is -2.34. The van der Waals surface area contributed by atoms with Gasteiger partial charge in [0.25, 0.3) is 0 Å². The van der Waals surface area contributed by atoms with E-state index in [1.807, 2.05) is 32.9 Å². The number of pyridine rings is 1. The van der Waals surface area contributed by atoms with Crippen molar-refractivity contribution in [1.82, 2.24) is 20.5 Å². The number of nitrogens with one attached hydrogen (secondary N) is 2. The van der Waals surface area contributed by atoms with Crippen LogP contribution in [0.3, 0.4) is 0 Å². The summed E-state index contributed by atoms with van der Waals surface area (Å²) >= 11 is 0. The van der Waals surface area contributed by atoms with Crippen LogP contribution in [-0.4, -0.2) is 79.1 Å². The molecule has 28 heavy (non-hydrogen) atoms. The smallest absolute Gasteiger partial charge is 0.218 e. The fourth-order valence-electron chi connectivity index (χ4n) is 2.89. The van der Waals surface area contributed by atoms with Gasteiger partial charge in [-0.15, -0.1) is 24.0 Å². The fraction of sp³-hybridized carbons (Fsp3) is 0.684. The molecule has 1 atom stereocenters. The van der Waals surface area contributed by atoms with Gasteiger partial charge in [0.05, 0.1) is 32.0 Å². The number of hydrogen-bond acceptors (Lipinski definition) is 6. The molecule has 160 valence electrons. The summed E-state index contributed by atoms with van der Waals surface area (Å²) in [5.74, 6) is 1.27. The number of rotatable bonds is 9. The molecule has 0 amide bonds. The first-order valence-corrected chi connectivity index (χ1v) is 9.65. The highest BCUT2D eigenvalue weighted by Crippen LogP contribution is 2.15. The van der Waals surface area contributed by atoms with E-state index in [1.165, 1.54) is 0 Å². The molecule has 9 heteroatoms. The van der Waals surface area contributed by atoms with Gasteiger partial charge < -0.3 is 25.2 Å². The molecule has 1 unspecified atom stereocenters. The number of aliphatic imine (C=N–C) groups is 1. The van der Waals surface area contributed by atoms with Crippen molar-refractivity contribution in [2.45, 2.75) is 32.9 Å². The van der Waals surface area contributed by atoms with Gasteiger partial charge in [-0.25, -0.2) is 9.98 Å². The zero-order valence-electron chi connectivity index (χ0n) is 17.1. The van der Waals surface area contributed by atoms with Crippen molar-refractivity contribution in [3.63, 3.8) is 0 Å². The minimum atomic E-state index is -0.863. The quantitative estimate of drug-likeness (QED) is 0.263. The highest BCUT2D eigenvalue weighted by molar-refractivity contribution is 14.0.